The Morgan fingerprint density at radius 3 is 1.45 bits per heavy atom. The molecular weight excluding hydrogens is 528 g/mol. The number of carboxylic acids is 2. The first kappa shape index (κ1) is 42.5. The summed E-state index contributed by atoms with van der Waals surface area (Å²) in [5.74, 6) is -1.55. The summed E-state index contributed by atoms with van der Waals surface area (Å²) in [6.45, 7) is 4.41. The van der Waals surface area contributed by atoms with Gasteiger partial charge in [-0.05, 0) is 57.8 Å². The van der Waals surface area contributed by atoms with Crippen LogP contribution in [0.4, 0.5) is 0 Å². The van der Waals surface area contributed by atoms with Crippen LogP contribution in [0.25, 0.3) is 0 Å². The lowest BCUT2D eigenvalue weighted by Crippen LogP contribution is -2.05. The lowest BCUT2D eigenvalue weighted by atomic mass is 10.0. The SMILES string of the molecule is CCCCCCC(O)CCCCCCCCC=CC(=O)O.CCCCCC[C@@H](O)C/C=C\CCCCCCCC(=O)O. The molecule has 0 radical (unpaired) electrons. The Hall–Kier alpha value is -1.66. The van der Waals surface area contributed by atoms with E-state index in [0.717, 1.165) is 83.5 Å². The van der Waals surface area contributed by atoms with Crippen molar-refractivity contribution in [3.8, 4) is 0 Å². The molecule has 0 spiro atoms. The van der Waals surface area contributed by atoms with Crippen molar-refractivity contribution in [2.45, 2.75) is 193 Å². The Morgan fingerprint density at radius 1 is 0.524 bits per heavy atom. The van der Waals surface area contributed by atoms with Crippen LogP contribution in [-0.4, -0.2) is 44.6 Å². The number of hydrogen-bond donors (Lipinski definition) is 4. The standard InChI is InChI=1S/2C18H34O3/c2*1-2-3-4-11-14-17(19)15-12-9-7-5-6-8-10-13-16-18(20)21/h13,16-17,19H,2-12,14-15H2,1H3,(H,20,21);9,12,17,19H,2-8,10-11,13-16H2,1H3,(H,20,21)/b;12-9-/t;17-/m.1/s1. The van der Waals surface area contributed by atoms with E-state index in [1.807, 2.05) is 0 Å². The highest BCUT2D eigenvalue weighted by atomic mass is 16.4. The summed E-state index contributed by atoms with van der Waals surface area (Å²) >= 11 is 0. The maximum absolute atomic E-state index is 10.3. The van der Waals surface area contributed by atoms with Gasteiger partial charge in [0.1, 0.15) is 0 Å². The van der Waals surface area contributed by atoms with E-state index < -0.39 is 11.9 Å². The molecule has 0 aromatic heterocycles. The minimum Gasteiger partial charge on any atom is -0.481 e. The highest BCUT2D eigenvalue weighted by Gasteiger charge is 2.03. The number of unbranched alkanes of at least 4 members (excludes halogenated alkanes) is 17. The Labute approximate surface area is 259 Å². The molecule has 6 nitrogen and oxygen atoms in total. The normalized spacial score (nSPS) is 12.9. The van der Waals surface area contributed by atoms with E-state index in [0.29, 0.717) is 6.42 Å². The number of aliphatic carboxylic acids is 2. The summed E-state index contributed by atoms with van der Waals surface area (Å²) in [5, 5.41) is 36.6. The third kappa shape index (κ3) is 40.5. The van der Waals surface area contributed by atoms with Gasteiger partial charge in [0.2, 0.25) is 0 Å². The van der Waals surface area contributed by atoms with Crippen molar-refractivity contribution in [2.75, 3.05) is 0 Å². The fourth-order valence-corrected chi connectivity index (χ4v) is 4.85. The molecule has 0 saturated carbocycles. The van der Waals surface area contributed by atoms with Crippen molar-refractivity contribution in [1.29, 1.82) is 0 Å². The molecule has 42 heavy (non-hydrogen) atoms. The second-order valence-corrected chi connectivity index (χ2v) is 11.9. The van der Waals surface area contributed by atoms with E-state index >= 15 is 0 Å². The minimum atomic E-state index is -0.858. The Morgan fingerprint density at radius 2 is 0.952 bits per heavy atom. The smallest absolute Gasteiger partial charge is 0.327 e. The number of aliphatic hydroxyl groups is 2. The lowest BCUT2D eigenvalue weighted by Gasteiger charge is -2.09. The first-order valence-electron chi connectivity index (χ1n) is 17.5. The molecule has 0 rings (SSSR count). The van der Waals surface area contributed by atoms with Gasteiger partial charge in [-0.1, -0.05) is 135 Å². The zero-order chi connectivity index (χ0) is 31.5. The number of aliphatic hydroxyl groups excluding tert-OH is 2. The first-order valence-corrected chi connectivity index (χ1v) is 17.5. The first-order chi connectivity index (χ1) is 20.3. The lowest BCUT2D eigenvalue weighted by molar-refractivity contribution is -0.137. The van der Waals surface area contributed by atoms with Gasteiger partial charge >= 0.3 is 11.9 Å². The van der Waals surface area contributed by atoms with Crippen LogP contribution in [0.1, 0.15) is 181 Å². The number of hydrogen-bond acceptors (Lipinski definition) is 4. The van der Waals surface area contributed by atoms with Gasteiger partial charge in [0.25, 0.3) is 0 Å². The van der Waals surface area contributed by atoms with Gasteiger partial charge in [-0.15, -0.1) is 0 Å². The molecule has 0 fully saturated rings. The average molecular weight is 597 g/mol. The van der Waals surface area contributed by atoms with Gasteiger partial charge in [-0.2, -0.15) is 0 Å². The molecule has 0 aliphatic carbocycles. The molecule has 0 aliphatic heterocycles. The zero-order valence-corrected chi connectivity index (χ0v) is 27.5. The summed E-state index contributed by atoms with van der Waals surface area (Å²) in [6, 6.07) is 0. The van der Waals surface area contributed by atoms with Gasteiger partial charge in [-0.3, -0.25) is 4.79 Å². The Balaban J connectivity index is 0. The summed E-state index contributed by atoms with van der Waals surface area (Å²) in [5.41, 5.74) is 0. The van der Waals surface area contributed by atoms with E-state index in [4.69, 9.17) is 10.2 Å². The molecule has 1 unspecified atom stereocenters. The van der Waals surface area contributed by atoms with Crippen LogP contribution in [0.5, 0.6) is 0 Å². The van der Waals surface area contributed by atoms with Gasteiger partial charge in [0.05, 0.1) is 12.2 Å². The predicted molar refractivity (Wildman–Crippen MR) is 177 cm³/mol. The van der Waals surface area contributed by atoms with E-state index in [1.54, 1.807) is 6.08 Å². The average Bonchev–Trinajstić information content (AvgIpc) is 2.95. The van der Waals surface area contributed by atoms with Crippen molar-refractivity contribution in [3.05, 3.63) is 24.3 Å². The van der Waals surface area contributed by atoms with Crippen LogP contribution in [0, 0.1) is 0 Å². The van der Waals surface area contributed by atoms with Crippen molar-refractivity contribution in [3.63, 3.8) is 0 Å². The number of allylic oxidation sites excluding steroid dienone is 2. The van der Waals surface area contributed by atoms with E-state index in [-0.39, 0.29) is 12.2 Å². The van der Waals surface area contributed by atoms with Crippen molar-refractivity contribution >= 4 is 11.9 Å². The predicted octanol–water partition coefficient (Wildman–Crippen LogP) is 10.2. The van der Waals surface area contributed by atoms with Crippen molar-refractivity contribution in [2.24, 2.45) is 0 Å². The fourth-order valence-electron chi connectivity index (χ4n) is 4.85. The maximum Gasteiger partial charge on any atom is 0.327 e. The van der Waals surface area contributed by atoms with Gasteiger partial charge in [0.15, 0.2) is 0 Å². The van der Waals surface area contributed by atoms with Crippen molar-refractivity contribution < 1.29 is 30.0 Å². The van der Waals surface area contributed by atoms with Crippen LogP contribution in [0.15, 0.2) is 24.3 Å². The largest absolute Gasteiger partial charge is 0.481 e. The van der Waals surface area contributed by atoms with E-state index in [2.05, 4.69) is 26.0 Å². The molecule has 6 heteroatoms. The Bertz CT molecular complexity index is 630. The minimum absolute atomic E-state index is 0.0944. The third-order valence-corrected chi connectivity index (χ3v) is 7.54. The zero-order valence-electron chi connectivity index (χ0n) is 27.5. The molecule has 4 N–H and O–H groups in total. The second-order valence-electron chi connectivity index (χ2n) is 11.9. The van der Waals surface area contributed by atoms with Crippen LogP contribution in [0.2, 0.25) is 0 Å². The quantitative estimate of drug-likeness (QED) is 0.0372. The summed E-state index contributed by atoms with van der Waals surface area (Å²) < 4.78 is 0. The Kier molecular flexibility index (Phi) is 35.9. The van der Waals surface area contributed by atoms with E-state index in [1.165, 1.54) is 83.1 Å². The summed E-state index contributed by atoms with van der Waals surface area (Å²) in [4.78, 5) is 20.6. The molecule has 0 amide bonds. The molecular formula is C36H68O6. The highest BCUT2D eigenvalue weighted by molar-refractivity contribution is 5.79. The van der Waals surface area contributed by atoms with Crippen LogP contribution >= 0.6 is 0 Å². The molecule has 0 aromatic rings. The van der Waals surface area contributed by atoms with Gasteiger partial charge in [-0.25, -0.2) is 4.79 Å². The molecule has 2 atom stereocenters. The number of carbonyl (C=O) groups is 2. The van der Waals surface area contributed by atoms with Crippen LogP contribution in [-0.2, 0) is 9.59 Å². The highest BCUT2D eigenvalue weighted by Crippen LogP contribution is 2.14. The summed E-state index contributed by atoms with van der Waals surface area (Å²) in [7, 11) is 0. The monoisotopic (exact) mass is 597 g/mol. The van der Waals surface area contributed by atoms with Gasteiger partial charge in [0, 0.05) is 12.5 Å². The molecule has 0 bridgehead atoms. The molecule has 0 heterocycles. The molecule has 0 aromatic carbocycles. The fraction of sp³-hybridized carbons (Fsp3) is 0.833. The van der Waals surface area contributed by atoms with Crippen molar-refractivity contribution in [1.82, 2.24) is 0 Å². The third-order valence-electron chi connectivity index (χ3n) is 7.54. The molecule has 0 aliphatic rings. The van der Waals surface area contributed by atoms with Gasteiger partial charge < -0.3 is 20.4 Å². The number of rotatable bonds is 30. The maximum atomic E-state index is 10.3. The topological polar surface area (TPSA) is 115 Å². The van der Waals surface area contributed by atoms with E-state index in [9.17, 15) is 19.8 Å². The van der Waals surface area contributed by atoms with Crippen LogP contribution in [0.3, 0.4) is 0 Å². The van der Waals surface area contributed by atoms with Crippen LogP contribution < -0.4 is 0 Å². The molecule has 248 valence electrons. The second kappa shape index (κ2) is 35.5. The number of carboxylic acid groups (broad SMARTS) is 2. The summed E-state index contributed by atoms with van der Waals surface area (Å²) in [6.07, 6.45) is 35.0. The molecule has 0 saturated heterocycles.